The lowest BCUT2D eigenvalue weighted by atomic mass is 9.70. The van der Waals surface area contributed by atoms with Gasteiger partial charge in [0.15, 0.2) is 0 Å². The van der Waals surface area contributed by atoms with Crippen LogP contribution in [0.5, 0.6) is 5.75 Å². The minimum atomic E-state index is -0.828. The smallest absolute Gasteiger partial charge is 0.248 e. The van der Waals surface area contributed by atoms with Crippen molar-refractivity contribution in [3.8, 4) is 5.75 Å². The van der Waals surface area contributed by atoms with E-state index in [4.69, 9.17) is 16.3 Å². The number of hydrogen-bond acceptors (Lipinski definition) is 6. The van der Waals surface area contributed by atoms with Crippen LogP contribution in [0.4, 0.5) is 11.4 Å². The standard InChI is InChI=1S/C26H27BrClN3O5S/c1-2-36-17-9-7-16(8-10-17)29-23(33)19-20-25(35)31(11-12-32)22(26(20)13-18(27)21(19)37-26)24(34)30-15-5-3-14(28)4-6-15/h3-10,18-22,32H,2,11-13H2,1H3,(H,29,33)(H,30,34)/t18?,19-,20-,21-,22?,26?/m0/s1. The fourth-order valence-electron chi connectivity index (χ4n) is 5.85. The molecule has 3 amide bonds. The molecule has 3 saturated heterocycles. The number of ether oxygens (including phenoxy) is 1. The van der Waals surface area contributed by atoms with E-state index < -0.39 is 22.6 Å². The second-order valence-corrected chi connectivity index (χ2v) is 12.5. The Morgan fingerprint density at radius 1 is 1.14 bits per heavy atom. The largest absolute Gasteiger partial charge is 0.494 e. The van der Waals surface area contributed by atoms with Gasteiger partial charge in [0, 0.05) is 33.0 Å². The summed E-state index contributed by atoms with van der Waals surface area (Å²) in [5, 5.41) is 16.0. The van der Waals surface area contributed by atoms with E-state index in [0.29, 0.717) is 35.2 Å². The Balaban J connectivity index is 1.43. The van der Waals surface area contributed by atoms with Gasteiger partial charge in [-0.25, -0.2) is 0 Å². The van der Waals surface area contributed by atoms with Crippen LogP contribution in [0.3, 0.4) is 0 Å². The van der Waals surface area contributed by atoms with Gasteiger partial charge < -0.3 is 25.4 Å². The number of likely N-dealkylation sites (tertiary alicyclic amines) is 1. The molecule has 3 unspecified atom stereocenters. The third-order valence-electron chi connectivity index (χ3n) is 7.23. The molecule has 3 aliphatic heterocycles. The van der Waals surface area contributed by atoms with Gasteiger partial charge >= 0.3 is 0 Å². The van der Waals surface area contributed by atoms with Gasteiger partial charge in [0.25, 0.3) is 0 Å². The molecule has 8 nitrogen and oxygen atoms in total. The van der Waals surface area contributed by atoms with E-state index in [0.717, 1.165) is 0 Å². The van der Waals surface area contributed by atoms with Crippen LogP contribution < -0.4 is 15.4 Å². The van der Waals surface area contributed by atoms with Crippen molar-refractivity contribution in [3.05, 3.63) is 53.6 Å². The summed E-state index contributed by atoms with van der Waals surface area (Å²) in [6.07, 6.45) is 0.562. The Bertz CT molecular complexity index is 1200. The highest BCUT2D eigenvalue weighted by Gasteiger charge is 2.75. The molecule has 37 heavy (non-hydrogen) atoms. The van der Waals surface area contributed by atoms with Gasteiger partial charge in [-0.2, -0.15) is 0 Å². The summed E-state index contributed by atoms with van der Waals surface area (Å²) in [5.41, 5.74) is 1.17. The molecule has 0 radical (unpaired) electrons. The molecule has 196 valence electrons. The summed E-state index contributed by atoms with van der Waals surface area (Å²) in [7, 11) is 0. The zero-order valence-electron chi connectivity index (χ0n) is 20.0. The third kappa shape index (κ3) is 4.62. The third-order valence-corrected chi connectivity index (χ3v) is 10.7. The van der Waals surface area contributed by atoms with E-state index in [9.17, 15) is 19.5 Å². The molecule has 2 aromatic carbocycles. The van der Waals surface area contributed by atoms with Crippen molar-refractivity contribution < 1.29 is 24.2 Å². The number of carbonyl (C=O) groups is 3. The number of nitrogens with zero attached hydrogens (tertiary/aromatic N) is 1. The predicted molar refractivity (Wildman–Crippen MR) is 147 cm³/mol. The van der Waals surface area contributed by atoms with Crippen molar-refractivity contribution in [1.29, 1.82) is 0 Å². The number of aliphatic hydroxyl groups is 1. The SMILES string of the molecule is CCOc1ccc(NC(=O)[C@H]2[C@H]3C(=O)N(CCO)C(C(=O)Nc4ccc(Cl)cc4)C34CC(Br)[C@@H]2S4)cc1. The number of rotatable bonds is 8. The van der Waals surface area contributed by atoms with Crippen LogP contribution in [-0.2, 0) is 14.4 Å². The van der Waals surface area contributed by atoms with Gasteiger partial charge in [-0.15, -0.1) is 11.8 Å². The Hall–Kier alpha value is -2.27. The van der Waals surface area contributed by atoms with Crippen LogP contribution >= 0.6 is 39.3 Å². The molecule has 3 aliphatic rings. The van der Waals surface area contributed by atoms with Gasteiger partial charge in [-0.3, -0.25) is 14.4 Å². The average molecular weight is 609 g/mol. The molecule has 0 aromatic heterocycles. The van der Waals surface area contributed by atoms with Crippen LogP contribution in [0, 0.1) is 11.8 Å². The predicted octanol–water partition coefficient (Wildman–Crippen LogP) is 3.77. The number of halogens is 2. The molecule has 0 aliphatic carbocycles. The molecule has 2 aromatic rings. The topological polar surface area (TPSA) is 108 Å². The highest BCUT2D eigenvalue weighted by molar-refractivity contribution is 9.09. The van der Waals surface area contributed by atoms with Crippen molar-refractivity contribution in [2.45, 2.75) is 34.2 Å². The Kier molecular flexibility index (Phi) is 7.46. The zero-order chi connectivity index (χ0) is 26.3. The average Bonchev–Trinajstić information content (AvgIpc) is 3.46. The number of fused-ring (bicyclic) bond motifs is 1. The number of carbonyl (C=O) groups excluding carboxylic acids is 3. The van der Waals surface area contributed by atoms with Gasteiger partial charge in [0.1, 0.15) is 11.8 Å². The van der Waals surface area contributed by atoms with Crippen LogP contribution in [-0.4, -0.2) is 68.4 Å². The van der Waals surface area contributed by atoms with Crippen LogP contribution in [0.1, 0.15) is 13.3 Å². The van der Waals surface area contributed by atoms with Gasteiger partial charge in [-0.05, 0) is 61.9 Å². The molecule has 1 spiro atoms. The Labute approximate surface area is 232 Å². The number of aliphatic hydroxyl groups excluding tert-OH is 1. The van der Waals surface area contributed by atoms with E-state index in [1.54, 1.807) is 60.3 Å². The minimum absolute atomic E-state index is 0.0151. The summed E-state index contributed by atoms with van der Waals surface area (Å²) in [4.78, 5) is 42.4. The molecule has 11 heteroatoms. The summed E-state index contributed by atoms with van der Waals surface area (Å²) < 4.78 is 4.68. The number of amides is 3. The number of hydrogen-bond donors (Lipinski definition) is 3. The monoisotopic (exact) mass is 607 g/mol. The molecule has 0 saturated carbocycles. The molecular weight excluding hydrogens is 582 g/mol. The van der Waals surface area contributed by atoms with Crippen molar-refractivity contribution >= 4 is 68.4 Å². The zero-order valence-corrected chi connectivity index (χ0v) is 23.2. The minimum Gasteiger partial charge on any atom is -0.494 e. The fourth-order valence-corrected chi connectivity index (χ4v) is 9.59. The Morgan fingerprint density at radius 3 is 2.38 bits per heavy atom. The lowest BCUT2D eigenvalue weighted by Crippen LogP contribution is -2.53. The summed E-state index contributed by atoms with van der Waals surface area (Å²) >= 11 is 11.3. The van der Waals surface area contributed by atoms with Crippen LogP contribution in [0.15, 0.2) is 48.5 Å². The van der Waals surface area contributed by atoms with E-state index in [1.165, 1.54) is 4.90 Å². The summed E-state index contributed by atoms with van der Waals surface area (Å²) in [5.74, 6) is -1.47. The van der Waals surface area contributed by atoms with Gasteiger partial charge in [-0.1, -0.05) is 27.5 Å². The van der Waals surface area contributed by atoms with Crippen LogP contribution in [0.25, 0.3) is 0 Å². The first kappa shape index (κ1) is 26.3. The normalized spacial score (nSPS) is 29.8. The number of nitrogens with one attached hydrogen (secondary N) is 2. The lowest BCUT2D eigenvalue weighted by molar-refractivity contribution is -0.138. The highest BCUT2D eigenvalue weighted by atomic mass is 79.9. The second kappa shape index (κ2) is 10.5. The van der Waals surface area contributed by atoms with Crippen molar-refractivity contribution in [1.82, 2.24) is 4.90 Å². The number of anilines is 2. The first-order valence-corrected chi connectivity index (χ1v) is 14.3. The fraction of sp³-hybridized carbons (Fsp3) is 0.423. The number of alkyl halides is 1. The van der Waals surface area contributed by atoms with E-state index in [1.807, 2.05) is 6.92 Å². The first-order valence-electron chi connectivity index (χ1n) is 12.1. The molecule has 2 bridgehead atoms. The summed E-state index contributed by atoms with van der Waals surface area (Å²) in [6, 6.07) is 13.0. The van der Waals surface area contributed by atoms with Crippen molar-refractivity contribution in [3.63, 3.8) is 0 Å². The number of benzene rings is 2. The Morgan fingerprint density at radius 2 is 1.76 bits per heavy atom. The highest BCUT2D eigenvalue weighted by Crippen LogP contribution is 2.67. The van der Waals surface area contributed by atoms with E-state index in [-0.39, 0.29) is 41.0 Å². The van der Waals surface area contributed by atoms with Gasteiger partial charge in [0.05, 0.1) is 29.8 Å². The number of β-amino-alcohol motifs (C(OH)–C–C–N with tert-alkyl or cyclic N) is 1. The van der Waals surface area contributed by atoms with Crippen LogP contribution in [0.2, 0.25) is 5.02 Å². The van der Waals surface area contributed by atoms with Crippen molar-refractivity contribution in [2.75, 3.05) is 30.4 Å². The molecule has 6 atom stereocenters. The maximum atomic E-state index is 13.8. The van der Waals surface area contributed by atoms with E-state index >= 15 is 0 Å². The second-order valence-electron chi connectivity index (χ2n) is 9.36. The van der Waals surface area contributed by atoms with Gasteiger partial charge in [0.2, 0.25) is 17.7 Å². The first-order chi connectivity index (χ1) is 17.8. The lowest BCUT2D eigenvalue weighted by Gasteiger charge is -2.35. The molecular formula is C26H27BrClN3O5S. The molecule has 3 fully saturated rings. The maximum absolute atomic E-state index is 13.8. The van der Waals surface area contributed by atoms with E-state index in [2.05, 4.69) is 26.6 Å². The molecule has 3 N–H and O–H groups in total. The molecule has 5 rings (SSSR count). The molecule has 3 heterocycles. The number of thioether (sulfide) groups is 1. The quantitative estimate of drug-likeness (QED) is 0.394. The van der Waals surface area contributed by atoms with Crippen molar-refractivity contribution in [2.24, 2.45) is 11.8 Å². The maximum Gasteiger partial charge on any atom is 0.248 e. The summed E-state index contributed by atoms with van der Waals surface area (Å²) in [6.45, 7) is 2.17.